The van der Waals surface area contributed by atoms with Crippen molar-refractivity contribution in [3.05, 3.63) is 91.0 Å². The van der Waals surface area contributed by atoms with Crippen molar-refractivity contribution in [1.29, 1.82) is 0 Å². The highest BCUT2D eigenvalue weighted by molar-refractivity contribution is 6.14. The average molecular weight is 389 g/mol. The fourth-order valence-electron chi connectivity index (χ4n) is 5.06. The number of benzene rings is 4. The van der Waals surface area contributed by atoms with Crippen molar-refractivity contribution in [1.82, 2.24) is 9.13 Å². The van der Waals surface area contributed by atoms with Gasteiger partial charge in [-0.3, -0.25) is 0 Å². The van der Waals surface area contributed by atoms with Gasteiger partial charge in [0.25, 0.3) is 0 Å². The van der Waals surface area contributed by atoms with Gasteiger partial charge in [0.2, 0.25) is 0 Å². The second-order valence-corrected chi connectivity index (χ2v) is 9.07. The van der Waals surface area contributed by atoms with Crippen molar-refractivity contribution < 1.29 is 0 Å². The molecule has 0 fully saturated rings. The van der Waals surface area contributed by atoms with E-state index in [0.717, 1.165) is 0 Å². The lowest BCUT2D eigenvalue weighted by Crippen LogP contribution is -2.22. The molecule has 2 heterocycles. The Morgan fingerprint density at radius 3 is 1.53 bits per heavy atom. The SMILES string of the molecule is CC(C)(C)n1c2ccccc2c2cccc(-n3c4ccccc4c4ccccc43)c21. The molecule has 0 radical (unpaired) electrons. The van der Waals surface area contributed by atoms with Crippen molar-refractivity contribution in [2.24, 2.45) is 0 Å². The minimum Gasteiger partial charge on any atom is -0.333 e. The number of fused-ring (bicyclic) bond motifs is 6. The molecule has 0 aliphatic carbocycles. The maximum Gasteiger partial charge on any atom is 0.0741 e. The molecular weight excluding hydrogens is 364 g/mol. The van der Waals surface area contributed by atoms with E-state index in [1.54, 1.807) is 0 Å². The topological polar surface area (TPSA) is 9.86 Å². The molecule has 0 aliphatic heterocycles. The second kappa shape index (κ2) is 5.99. The van der Waals surface area contributed by atoms with Gasteiger partial charge in [-0.25, -0.2) is 0 Å². The predicted octanol–water partition coefficient (Wildman–Crippen LogP) is 7.65. The largest absolute Gasteiger partial charge is 0.333 e. The number of para-hydroxylation sites is 4. The molecular formula is C28H24N2. The lowest BCUT2D eigenvalue weighted by atomic mass is 10.1. The number of hydrogen-bond acceptors (Lipinski definition) is 0. The van der Waals surface area contributed by atoms with Crippen LogP contribution in [0.3, 0.4) is 0 Å². The van der Waals surface area contributed by atoms with Gasteiger partial charge < -0.3 is 9.13 Å². The molecule has 2 nitrogen and oxygen atoms in total. The number of rotatable bonds is 1. The summed E-state index contributed by atoms with van der Waals surface area (Å²) in [6.07, 6.45) is 0. The highest BCUT2D eigenvalue weighted by atomic mass is 15.1. The van der Waals surface area contributed by atoms with Gasteiger partial charge in [-0.2, -0.15) is 0 Å². The van der Waals surface area contributed by atoms with Crippen LogP contribution in [0.25, 0.3) is 49.3 Å². The Hall–Kier alpha value is -3.52. The predicted molar refractivity (Wildman–Crippen MR) is 129 cm³/mol. The first-order chi connectivity index (χ1) is 14.6. The Morgan fingerprint density at radius 2 is 0.967 bits per heavy atom. The van der Waals surface area contributed by atoms with Crippen molar-refractivity contribution in [3.8, 4) is 5.69 Å². The van der Waals surface area contributed by atoms with Crippen molar-refractivity contribution >= 4 is 43.6 Å². The second-order valence-electron chi connectivity index (χ2n) is 9.07. The van der Waals surface area contributed by atoms with Crippen LogP contribution in [0.5, 0.6) is 0 Å². The summed E-state index contributed by atoms with van der Waals surface area (Å²) in [4.78, 5) is 0. The van der Waals surface area contributed by atoms with Gasteiger partial charge in [-0.05, 0) is 45.0 Å². The Kier molecular flexibility index (Phi) is 3.47. The molecule has 4 aromatic carbocycles. The first kappa shape index (κ1) is 17.3. The molecule has 0 N–H and O–H groups in total. The van der Waals surface area contributed by atoms with Gasteiger partial charge in [0, 0.05) is 32.6 Å². The van der Waals surface area contributed by atoms with E-state index in [0.29, 0.717) is 0 Å². The quantitative estimate of drug-likeness (QED) is 0.274. The van der Waals surface area contributed by atoms with E-state index < -0.39 is 0 Å². The first-order valence-electron chi connectivity index (χ1n) is 10.6. The average Bonchev–Trinajstić information content (AvgIpc) is 3.27. The van der Waals surface area contributed by atoms with Crippen LogP contribution >= 0.6 is 0 Å². The van der Waals surface area contributed by atoms with E-state index >= 15 is 0 Å². The zero-order valence-corrected chi connectivity index (χ0v) is 17.6. The zero-order valence-electron chi connectivity index (χ0n) is 17.6. The van der Waals surface area contributed by atoms with Crippen LogP contribution in [0.1, 0.15) is 20.8 Å². The summed E-state index contributed by atoms with van der Waals surface area (Å²) in [6, 6.07) is 33.0. The highest BCUT2D eigenvalue weighted by Gasteiger charge is 2.24. The summed E-state index contributed by atoms with van der Waals surface area (Å²) >= 11 is 0. The maximum absolute atomic E-state index is 2.51. The molecule has 6 aromatic rings. The summed E-state index contributed by atoms with van der Waals surface area (Å²) in [6.45, 7) is 6.88. The Morgan fingerprint density at radius 1 is 0.500 bits per heavy atom. The third-order valence-electron chi connectivity index (χ3n) is 6.17. The summed E-state index contributed by atoms with van der Waals surface area (Å²) < 4.78 is 4.95. The fourth-order valence-corrected chi connectivity index (χ4v) is 5.06. The summed E-state index contributed by atoms with van der Waals surface area (Å²) in [5.41, 5.74) is 6.26. The molecule has 0 atom stereocenters. The van der Waals surface area contributed by atoms with E-state index in [-0.39, 0.29) is 5.54 Å². The Labute approximate surface area is 176 Å². The molecule has 0 saturated heterocycles. The number of nitrogens with zero attached hydrogens (tertiary/aromatic N) is 2. The molecule has 0 amide bonds. The van der Waals surface area contributed by atoms with Crippen molar-refractivity contribution in [3.63, 3.8) is 0 Å². The van der Waals surface area contributed by atoms with Gasteiger partial charge >= 0.3 is 0 Å². The van der Waals surface area contributed by atoms with Crippen LogP contribution in [-0.4, -0.2) is 9.13 Å². The van der Waals surface area contributed by atoms with Gasteiger partial charge in [0.05, 0.1) is 22.2 Å². The van der Waals surface area contributed by atoms with E-state index in [1.807, 2.05) is 0 Å². The lowest BCUT2D eigenvalue weighted by molar-refractivity contribution is 0.423. The minimum absolute atomic E-state index is 0.0454. The van der Waals surface area contributed by atoms with Crippen LogP contribution < -0.4 is 0 Å². The van der Waals surface area contributed by atoms with Gasteiger partial charge in [-0.1, -0.05) is 66.7 Å². The Balaban J connectivity index is 1.88. The third-order valence-corrected chi connectivity index (χ3v) is 6.17. The smallest absolute Gasteiger partial charge is 0.0741 e. The van der Waals surface area contributed by atoms with Crippen LogP contribution in [0.15, 0.2) is 91.0 Å². The maximum atomic E-state index is 2.51. The van der Waals surface area contributed by atoms with Gasteiger partial charge in [-0.15, -0.1) is 0 Å². The standard InChI is InChI=1S/C28H24N2/c1-28(2,3)30-25-17-9-6-13-21(25)22-14-10-18-26(27(22)30)29-23-15-7-4-11-19(23)20-12-5-8-16-24(20)29/h4-18H,1-3H3. The molecule has 146 valence electrons. The van der Waals surface area contributed by atoms with Crippen molar-refractivity contribution in [2.75, 3.05) is 0 Å². The molecule has 0 bridgehead atoms. The van der Waals surface area contributed by atoms with E-state index in [2.05, 4.69) is 121 Å². The number of aromatic nitrogens is 2. The summed E-state index contributed by atoms with van der Waals surface area (Å²) in [7, 11) is 0. The summed E-state index contributed by atoms with van der Waals surface area (Å²) in [5.74, 6) is 0. The van der Waals surface area contributed by atoms with E-state index in [1.165, 1.54) is 49.3 Å². The molecule has 0 unspecified atom stereocenters. The lowest BCUT2D eigenvalue weighted by Gasteiger charge is -2.25. The third kappa shape index (κ3) is 2.25. The fraction of sp³-hybridized carbons (Fsp3) is 0.143. The Bertz CT molecular complexity index is 1520. The van der Waals surface area contributed by atoms with E-state index in [9.17, 15) is 0 Å². The van der Waals surface area contributed by atoms with Crippen LogP contribution in [0, 0.1) is 0 Å². The van der Waals surface area contributed by atoms with Crippen LogP contribution in [0.2, 0.25) is 0 Å². The normalized spacial score (nSPS) is 12.5. The van der Waals surface area contributed by atoms with Gasteiger partial charge in [0.1, 0.15) is 0 Å². The van der Waals surface area contributed by atoms with E-state index in [4.69, 9.17) is 0 Å². The minimum atomic E-state index is -0.0454. The van der Waals surface area contributed by atoms with Crippen molar-refractivity contribution in [2.45, 2.75) is 26.3 Å². The molecule has 2 aromatic heterocycles. The molecule has 6 rings (SSSR count). The molecule has 30 heavy (non-hydrogen) atoms. The molecule has 2 heteroatoms. The highest BCUT2D eigenvalue weighted by Crippen LogP contribution is 2.40. The van der Waals surface area contributed by atoms with Crippen LogP contribution in [-0.2, 0) is 5.54 Å². The zero-order chi connectivity index (χ0) is 20.5. The molecule has 0 spiro atoms. The monoisotopic (exact) mass is 388 g/mol. The molecule has 0 aliphatic rings. The van der Waals surface area contributed by atoms with Crippen LogP contribution in [0.4, 0.5) is 0 Å². The summed E-state index contributed by atoms with van der Waals surface area (Å²) in [5, 5.41) is 5.21. The first-order valence-corrected chi connectivity index (χ1v) is 10.6. The number of hydrogen-bond donors (Lipinski definition) is 0. The van der Waals surface area contributed by atoms with Gasteiger partial charge in [0.15, 0.2) is 0 Å². The molecule has 0 saturated carbocycles.